The summed E-state index contributed by atoms with van der Waals surface area (Å²) in [5.41, 5.74) is 1.12. The van der Waals surface area contributed by atoms with E-state index in [2.05, 4.69) is 25.7 Å². The minimum atomic E-state index is -0.540. The molecule has 128 valence electrons. The van der Waals surface area contributed by atoms with Crippen LogP contribution in [0.2, 0.25) is 10.0 Å². The number of anilines is 1. The van der Waals surface area contributed by atoms with E-state index in [1.807, 2.05) is 30.3 Å². The molecule has 2 heterocycles. The van der Waals surface area contributed by atoms with Crippen LogP contribution in [0, 0.1) is 0 Å². The van der Waals surface area contributed by atoms with Crippen molar-refractivity contribution in [3.05, 3.63) is 70.5 Å². The van der Waals surface area contributed by atoms with Gasteiger partial charge < -0.3 is 5.32 Å². The number of halogens is 2. The molecule has 0 aliphatic rings. The maximum absolute atomic E-state index is 12.4. The first kappa shape index (κ1) is 16.4. The fraction of sp³-hybridized carbons (Fsp3) is 0. The second kappa shape index (κ2) is 6.70. The molecule has 0 aliphatic carbocycles. The number of nitrogens with zero attached hydrogens (tertiary/aromatic N) is 5. The van der Waals surface area contributed by atoms with Crippen LogP contribution >= 0.6 is 23.2 Å². The molecule has 7 nitrogen and oxygen atoms in total. The van der Waals surface area contributed by atoms with Crippen LogP contribution in [-0.2, 0) is 0 Å². The molecule has 1 amide bonds. The maximum atomic E-state index is 12.4. The highest BCUT2D eigenvalue weighted by Gasteiger charge is 2.17. The van der Waals surface area contributed by atoms with Gasteiger partial charge in [0.15, 0.2) is 0 Å². The smallest absolute Gasteiger partial charge is 0.298 e. The monoisotopic (exact) mass is 384 g/mol. The second-order valence-electron chi connectivity index (χ2n) is 5.32. The van der Waals surface area contributed by atoms with E-state index in [9.17, 15) is 4.79 Å². The molecule has 4 rings (SSSR count). The summed E-state index contributed by atoms with van der Waals surface area (Å²) in [6, 6.07) is 16.2. The third kappa shape index (κ3) is 3.10. The molecule has 0 saturated carbocycles. The van der Waals surface area contributed by atoms with Gasteiger partial charge in [-0.1, -0.05) is 47.5 Å². The fourth-order valence-corrected chi connectivity index (χ4v) is 2.94. The minimum absolute atomic E-state index is 0.129. The number of para-hydroxylation sites is 2. The zero-order valence-electron chi connectivity index (χ0n) is 13.1. The Labute approximate surface area is 157 Å². The van der Waals surface area contributed by atoms with Gasteiger partial charge in [0.1, 0.15) is 11.5 Å². The predicted molar refractivity (Wildman–Crippen MR) is 98.9 cm³/mol. The highest BCUT2D eigenvalue weighted by atomic mass is 35.5. The summed E-state index contributed by atoms with van der Waals surface area (Å²) in [6.07, 6.45) is 0. The molecule has 0 fully saturated rings. The molecule has 0 atom stereocenters. The van der Waals surface area contributed by atoms with Gasteiger partial charge in [0.25, 0.3) is 11.7 Å². The number of carbonyl (C=O) groups excluding carboxylic acids is 1. The first-order valence-electron chi connectivity index (χ1n) is 7.53. The van der Waals surface area contributed by atoms with Gasteiger partial charge in [-0.3, -0.25) is 4.79 Å². The third-order valence-corrected chi connectivity index (χ3v) is 4.20. The average Bonchev–Trinajstić information content (AvgIpc) is 3.11. The highest BCUT2D eigenvalue weighted by molar-refractivity contribution is 6.37. The minimum Gasteiger partial charge on any atom is -0.304 e. The Morgan fingerprint density at radius 3 is 2.54 bits per heavy atom. The number of rotatable bonds is 3. The van der Waals surface area contributed by atoms with E-state index in [1.54, 1.807) is 24.3 Å². The van der Waals surface area contributed by atoms with Crippen LogP contribution < -0.4 is 5.32 Å². The zero-order valence-corrected chi connectivity index (χ0v) is 14.6. The van der Waals surface area contributed by atoms with Crippen LogP contribution in [0.4, 0.5) is 5.82 Å². The number of aromatic nitrogens is 5. The average molecular weight is 385 g/mol. The Kier molecular flexibility index (Phi) is 4.24. The Bertz CT molecular complexity index is 1110. The summed E-state index contributed by atoms with van der Waals surface area (Å²) in [4.78, 5) is 17.9. The van der Waals surface area contributed by atoms with Crippen molar-refractivity contribution in [1.29, 1.82) is 0 Å². The summed E-state index contributed by atoms with van der Waals surface area (Å²) in [6.45, 7) is 0. The highest BCUT2D eigenvalue weighted by Crippen LogP contribution is 2.26. The molecule has 0 radical (unpaired) electrons. The Morgan fingerprint density at radius 1 is 0.962 bits per heavy atom. The van der Waals surface area contributed by atoms with Crippen LogP contribution in [-0.4, -0.2) is 31.1 Å². The molecule has 9 heteroatoms. The van der Waals surface area contributed by atoms with E-state index in [0.717, 1.165) is 15.7 Å². The SMILES string of the molecule is O=C(Nc1ccc2ccccc2n1)c1nnn(-c2c(Cl)cccc2Cl)n1. The first-order chi connectivity index (χ1) is 12.6. The van der Waals surface area contributed by atoms with Gasteiger partial charge in [0.05, 0.1) is 15.6 Å². The molecule has 26 heavy (non-hydrogen) atoms. The summed E-state index contributed by atoms with van der Waals surface area (Å²) in [7, 11) is 0. The number of tetrazole rings is 1. The van der Waals surface area contributed by atoms with Crippen LogP contribution in [0.25, 0.3) is 16.6 Å². The Hall–Kier alpha value is -3.03. The van der Waals surface area contributed by atoms with E-state index in [0.29, 0.717) is 21.6 Å². The number of nitrogens with one attached hydrogen (secondary N) is 1. The van der Waals surface area contributed by atoms with Crippen molar-refractivity contribution in [2.24, 2.45) is 0 Å². The van der Waals surface area contributed by atoms with E-state index in [4.69, 9.17) is 23.2 Å². The van der Waals surface area contributed by atoms with Crippen LogP contribution in [0.5, 0.6) is 0 Å². The molecule has 0 aliphatic heterocycles. The number of hydrogen-bond acceptors (Lipinski definition) is 5. The standard InChI is InChI=1S/C17H10Cl2N6O/c18-11-5-3-6-12(19)15(11)25-23-16(22-24-25)17(26)21-14-9-8-10-4-1-2-7-13(10)20-14/h1-9H,(H,20,21,26). The number of hydrogen-bond donors (Lipinski definition) is 1. The van der Waals surface area contributed by atoms with Gasteiger partial charge in [-0.05, 0) is 35.5 Å². The van der Waals surface area contributed by atoms with Crippen LogP contribution in [0.15, 0.2) is 54.6 Å². The molecule has 0 spiro atoms. The van der Waals surface area contributed by atoms with Crippen molar-refractivity contribution < 1.29 is 4.79 Å². The lowest BCUT2D eigenvalue weighted by atomic mass is 10.2. The van der Waals surface area contributed by atoms with Gasteiger partial charge in [-0.25, -0.2) is 4.98 Å². The molecule has 0 unspecified atom stereocenters. The van der Waals surface area contributed by atoms with Gasteiger partial charge >= 0.3 is 0 Å². The van der Waals surface area contributed by atoms with Crippen molar-refractivity contribution in [2.75, 3.05) is 5.32 Å². The number of pyridine rings is 1. The fourth-order valence-electron chi connectivity index (χ4n) is 2.39. The van der Waals surface area contributed by atoms with Crippen LogP contribution in [0.3, 0.4) is 0 Å². The van der Waals surface area contributed by atoms with E-state index in [-0.39, 0.29) is 5.82 Å². The van der Waals surface area contributed by atoms with Crippen molar-refractivity contribution in [3.8, 4) is 5.69 Å². The molecule has 2 aromatic carbocycles. The Morgan fingerprint density at radius 2 is 1.73 bits per heavy atom. The van der Waals surface area contributed by atoms with Crippen molar-refractivity contribution in [2.45, 2.75) is 0 Å². The first-order valence-corrected chi connectivity index (χ1v) is 8.29. The zero-order chi connectivity index (χ0) is 18.1. The largest absolute Gasteiger partial charge is 0.304 e. The lowest BCUT2D eigenvalue weighted by Crippen LogP contribution is -2.15. The van der Waals surface area contributed by atoms with Gasteiger partial charge in [0, 0.05) is 5.39 Å². The van der Waals surface area contributed by atoms with E-state index >= 15 is 0 Å². The van der Waals surface area contributed by atoms with E-state index < -0.39 is 5.91 Å². The van der Waals surface area contributed by atoms with Gasteiger partial charge in [-0.2, -0.15) is 0 Å². The molecule has 0 saturated heterocycles. The quantitative estimate of drug-likeness (QED) is 0.580. The van der Waals surface area contributed by atoms with Crippen molar-refractivity contribution in [1.82, 2.24) is 25.2 Å². The second-order valence-corrected chi connectivity index (χ2v) is 6.13. The summed E-state index contributed by atoms with van der Waals surface area (Å²) >= 11 is 12.2. The lowest BCUT2D eigenvalue weighted by molar-refractivity contribution is 0.101. The number of fused-ring (bicyclic) bond motifs is 1. The predicted octanol–water partition coefficient (Wildman–Crippen LogP) is 3.77. The molecular weight excluding hydrogens is 375 g/mol. The Balaban J connectivity index is 1.60. The topological polar surface area (TPSA) is 85.6 Å². The summed E-state index contributed by atoms with van der Waals surface area (Å²) in [5.74, 6) is -0.279. The number of carbonyl (C=O) groups is 1. The van der Waals surface area contributed by atoms with E-state index in [1.165, 1.54) is 0 Å². The van der Waals surface area contributed by atoms with Gasteiger partial charge in [0.2, 0.25) is 0 Å². The number of amides is 1. The third-order valence-electron chi connectivity index (χ3n) is 3.59. The molecule has 4 aromatic rings. The number of benzene rings is 2. The lowest BCUT2D eigenvalue weighted by Gasteiger charge is -2.04. The van der Waals surface area contributed by atoms with Crippen molar-refractivity contribution in [3.63, 3.8) is 0 Å². The van der Waals surface area contributed by atoms with Gasteiger partial charge in [-0.15, -0.1) is 15.0 Å². The maximum Gasteiger partial charge on any atom is 0.298 e. The molecule has 2 aromatic heterocycles. The van der Waals surface area contributed by atoms with Crippen LogP contribution in [0.1, 0.15) is 10.6 Å². The summed E-state index contributed by atoms with van der Waals surface area (Å²) in [5, 5.41) is 16.0. The normalized spacial score (nSPS) is 10.8. The summed E-state index contributed by atoms with van der Waals surface area (Å²) < 4.78 is 0. The molecule has 0 bridgehead atoms. The molecule has 1 N–H and O–H groups in total. The van der Waals surface area contributed by atoms with Crippen molar-refractivity contribution >= 4 is 45.8 Å². The molecular formula is C17H10Cl2N6O.